The number of nitro groups is 1. The summed E-state index contributed by atoms with van der Waals surface area (Å²) < 4.78 is 13.0. The van der Waals surface area contributed by atoms with Gasteiger partial charge in [0.2, 0.25) is 0 Å². The lowest BCUT2D eigenvalue weighted by atomic mass is 10.2. The molecule has 1 amide bonds. The Labute approximate surface area is 140 Å². The van der Waals surface area contributed by atoms with Crippen LogP contribution in [0.5, 0.6) is 0 Å². The van der Waals surface area contributed by atoms with Crippen molar-refractivity contribution in [1.82, 2.24) is 0 Å². The van der Waals surface area contributed by atoms with Crippen LogP contribution in [0.2, 0.25) is 0 Å². The Morgan fingerprint density at radius 3 is 2.58 bits per heavy atom. The fourth-order valence-corrected chi connectivity index (χ4v) is 3.05. The molecule has 0 unspecified atom stereocenters. The van der Waals surface area contributed by atoms with Gasteiger partial charge in [-0.1, -0.05) is 12.1 Å². The molecule has 2 aromatic carbocycles. The molecule has 2 aromatic rings. The van der Waals surface area contributed by atoms with Gasteiger partial charge >= 0.3 is 0 Å². The number of amides is 1. The molecular weight excluding hydrogens is 333 g/mol. The molecule has 8 heteroatoms. The van der Waals surface area contributed by atoms with Gasteiger partial charge in [-0.05, 0) is 47.7 Å². The van der Waals surface area contributed by atoms with Crippen LogP contribution in [0.4, 0.5) is 15.8 Å². The number of non-ortho nitro benzene ring substituents is 1. The molecule has 1 N–H and O–H groups in total. The first-order valence-electron chi connectivity index (χ1n) is 6.78. The molecule has 6 nitrogen and oxygen atoms in total. The third-order valence-corrected chi connectivity index (χ3v) is 4.18. The van der Waals surface area contributed by atoms with Gasteiger partial charge in [-0.25, -0.2) is 4.39 Å². The first-order valence-corrected chi connectivity index (χ1v) is 7.60. The van der Waals surface area contributed by atoms with E-state index in [0.29, 0.717) is 11.3 Å². The lowest BCUT2D eigenvalue weighted by Crippen LogP contribution is -2.28. The molecule has 120 valence electrons. The second-order valence-corrected chi connectivity index (χ2v) is 5.92. The van der Waals surface area contributed by atoms with Crippen molar-refractivity contribution in [3.63, 3.8) is 0 Å². The first kappa shape index (κ1) is 15.9. The van der Waals surface area contributed by atoms with Gasteiger partial charge in [-0.15, -0.1) is 0 Å². The summed E-state index contributed by atoms with van der Waals surface area (Å²) >= 11 is 0.947. The van der Waals surface area contributed by atoms with Gasteiger partial charge in [0.1, 0.15) is 5.82 Å². The van der Waals surface area contributed by atoms with Crippen molar-refractivity contribution in [1.29, 1.82) is 5.41 Å². The van der Waals surface area contributed by atoms with E-state index in [1.54, 1.807) is 6.07 Å². The molecule has 1 heterocycles. The van der Waals surface area contributed by atoms with Gasteiger partial charge in [-0.2, -0.15) is 0 Å². The lowest BCUT2D eigenvalue weighted by Gasteiger charge is -2.13. The zero-order valence-corrected chi connectivity index (χ0v) is 12.9. The summed E-state index contributed by atoms with van der Waals surface area (Å²) in [6.45, 7) is 0. The van der Waals surface area contributed by atoms with Gasteiger partial charge < -0.3 is 0 Å². The number of nitrogens with zero attached hydrogens (tertiary/aromatic N) is 2. The van der Waals surface area contributed by atoms with E-state index in [4.69, 9.17) is 5.41 Å². The van der Waals surface area contributed by atoms with Crippen LogP contribution in [0.25, 0.3) is 6.08 Å². The third kappa shape index (κ3) is 3.04. The molecule has 0 radical (unpaired) electrons. The molecule has 1 fully saturated rings. The summed E-state index contributed by atoms with van der Waals surface area (Å²) in [5.41, 5.74) is 0.806. The predicted molar refractivity (Wildman–Crippen MR) is 90.3 cm³/mol. The number of amidine groups is 1. The molecule has 3 rings (SSSR count). The highest BCUT2D eigenvalue weighted by Crippen LogP contribution is 2.35. The van der Waals surface area contributed by atoms with Crippen molar-refractivity contribution < 1.29 is 14.1 Å². The molecule has 0 bridgehead atoms. The number of nitrogens with one attached hydrogen (secondary N) is 1. The monoisotopic (exact) mass is 343 g/mol. The van der Waals surface area contributed by atoms with Crippen molar-refractivity contribution in [3.05, 3.63) is 74.9 Å². The molecule has 0 atom stereocenters. The fraction of sp³-hybridized carbons (Fsp3) is 0. The quantitative estimate of drug-likeness (QED) is 0.522. The summed E-state index contributed by atoms with van der Waals surface area (Å²) in [6, 6.07) is 11.1. The van der Waals surface area contributed by atoms with Gasteiger partial charge in [0.05, 0.1) is 15.5 Å². The van der Waals surface area contributed by atoms with Crippen molar-refractivity contribution in [3.8, 4) is 0 Å². The largest absolute Gasteiger partial charge is 0.278 e. The topological polar surface area (TPSA) is 87.3 Å². The minimum Gasteiger partial charge on any atom is -0.278 e. The smallest absolute Gasteiger partial charge is 0.271 e. The summed E-state index contributed by atoms with van der Waals surface area (Å²) in [5.74, 6) is -0.861. The van der Waals surface area contributed by atoms with Crippen LogP contribution in [0.1, 0.15) is 5.56 Å². The van der Waals surface area contributed by atoms with Crippen molar-refractivity contribution in [2.75, 3.05) is 4.90 Å². The van der Waals surface area contributed by atoms with Crippen LogP contribution in [0.15, 0.2) is 53.4 Å². The Morgan fingerprint density at radius 2 is 1.92 bits per heavy atom. The minimum absolute atomic E-state index is 0.0108. The van der Waals surface area contributed by atoms with E-state index < -0.39 is 16.6 Å². The lowest BCUT2D eigenvalue weighted by molar-refractivity contribution is -0.384. The predicted octanol–water partition coefficient (Wildman–Crippen LogP) is 3.79. The number of carbonyl (C=O) groups excluding carboxylic acids is 1. The highest BCUT2D eigenvalue weighted by Gasteiger charge is 2.33. The average molecular weight is 343 g/mol. The molecule has 1 aliphatic heterocycles. The van der Waals surface area contributed by atoms with Crippen LogP contribution in [0, 0.1) is 21.3 Å². The summed E-state index contributed by atoms with van der Waals surface area (Å²) in [5, 5.41) is 18.8. The number of nitro benzene ring substituents is 1. The van der Waals surface area contributed by atoms with Gasteiger partial charge in [0.15, 0.2) is 5.17 Å². The number of halogens is 1. The molecule has 1 aliphatic rings. The number of carbonyl (C=O) groups is 1. The molecule has 1 saturated heterocycles. The number of anilines is 1. The molecule has 0 aliphatic carbocycles. The number of hydrogen-bond acceptors (Lipinski definition) is 5. The van der Waals surface area contributed by atoms with Crippen LogP contribution in [-0.4, -0.2) is 16.0 Å². The zero-order valence-electron chi connectivity index (χ0n) is 12.1. The van der Waals surface area contributed by atoms with Gasteiger partial charge in [-0.3, -0.25) is 25.2 Å². The molecule has 0 saturated carbocycles. The Morgan fingerprint density at radius 1 is 1.21 bits per heavy atom. The van der Waals surface area contributed by atoms with Crippen LogP contribution < -0.4 is 4.90 Å². The Bertz CT molecular complexity index is 880. The molecule has 0 aromatic heterocycles. The maximum absolute atomic E-state index is 13.0. The summed E-state index contributed by atoms with van der Waals surface area (Å²) in [6.07, 6.45) is 1.50. The number of benzene rings is 2. The summed E-state index contributed by atoms with van der Waals surface area (Å²) in [4.78, 5) is 24.2. The number of rotatable bonds is 3. The Kier molecular flexibility index (Phi) is 4.13. The van der Waals surface area contributed by atoms with E-state index in [1.807, 2.05) is 0 Å². The van der Waals surface area contributed by atoms with E-state index >= 15 is 0 Å². The fourth-order valence-electron chi connectivity index (χ4n) is 2.19. The number of hydrogen-bond donors (Lipinski definition) is 1. The maximum Gasteiger partial charge on any atom is 0.271 e. The van der Waals surface area contributed by atoms with Crippen LogP contribution in [-0.2, 0) is 4.79 Å². The summed E-state index contributed by atoms with van der Waals surface area (Å²) in [7, 11) is 0. The van der Waals surface area contributed by atoms with Crippen molar-refractivity contribution in [2.45, 2.75) is 0 Å². The SMILES string of the molecule is N=C1S/C(=C\c2cccc([N+](=O)[O-])c2)C(=O)N1c1ccc(F)cc1. The molecule has 0 spiro atoms. The van der Waals surface area contributed by atoms with E-state index in [0.717, 1.165) is 16.7 Å². The Hall–Kier alpha value is -3.00. The van der Waals surface area contributed by atoms with Crippen LogP contribution in [0.3, 0.4) is 0 Å². The second-order valence-electron chi connectivity index (χ2n) is 4.88. The van der Waals surface area contributed by atoms with E-state index in [-0.39, 0.29) is 15.8 Å². The maximum atomic E-state index is 13.0. The normalized spacial score (nSPS) is 16.0. The first-order chi connectivity index (χ1) is 11.5. The minimum atomic E-state index is -0.515. The molecule has 24 heavy (non-hydrogen) atoms. The van der Waals surface area contributed by atoms with Crippen molar-refractivity contribution >= 4 is 40.3 Å². The van der Waals surface area contributed by atoms with Gasteiger partial charge in [0, 0.05) is 12.1 Å². The van der Waals surface area contributed by atoms with E-state index in [2.05, 4.69) is 0 Å². The highest BCUT2D eigenvalue weighted by molar-refractivity contribution is 8.19. The van der Waals surface area contributed by atoms with Gasteiger partial charge in [0.25, 0.3) is 11.6 Å². The average Bonchev–Trinajstić information content (AvgIpc) is 2.83. The third-order valence-electron chi connectivity index (χ3n) is 3.29. The van der Waals surface area contributed by atoms with E-state index in [9.17, 15) is 19.3 Å². The highest BCUT2D eigenvalue weighted by atomic mass is 32.2. The van der Waals surface area contributed by atoms with Crippen molar-refractivity contribution in [2.24, 2.45) is 0 Å². The zero-order chi connectivity index (χ0) is 17.3. The van der Waals surface area contributed by atoms with Crippen LogP contribution >= 0.6 is 11.8 Å². The molecular formula is C16H10FN3O3S. The number of thioether (sulfide) groups is 1. The van der Waals surface area contributed by atoms with E-state index in [1.165, 1.54) is 48.5 Å². The second kappa shape index (κ2) is 6.25. The standard InChI is InChI=1S/C16H10FN3O3S/c17-11-4-6-12(7-5-11)19-15(21)14(24-16(19)18)9-10-2-1-3-13(8-10)20(22)23/h1-9,18H/b14-9-,18-16?. The Balaban J connectivity index is 1.92.